The first kappa shape index (κ1) is 17.0. The van der Waals surface area contributed by atoms with Gasteiger partial charge in [0.2, 0.25) is 5.91 Å². The van der Waals surface area contributed by atoms with Gasteiger partial charge in [-0.05, 0) is 62.4 Å². The lowest BCUT2D eigenvalue weighted by molar-refractivity contribution is -0.115. The van der Waals surface area contributed by atoms with Crippen LogP contribution in [0.25, 0.3) is 21.8 Å². The Labute approximate surface area is 163 Å². The molecule has 142 valence electrons. The third kappa shape index (κ3) is 2.78. The lowest BCUT2D eigenvalue weighted by Gasteiger charge is -2.11. The summed E-state index contributed by atoms with van der Waals surface area (Å²) in [6.07, 6.45) is 4.77. The van der Waals surface area contributed by atoms with Crippen molar-refractivity contribution in [3.63, 3.8) is 0 Å². The summed E-state index contributed by atoms with van der Waals surface area (Å²) in [5, 5.41) is 13.0. The van der Waals surface area contributed by atoms with Crippen molar-refractivity contribution in [1.82, 2.24) is 14.8 Å². The predicted octanol–water partition coefficient (Wildman–Crippen LogP) is 4.60. The molecule has 0 saturated carbocycles. The van der Waals surface area contributed by atoms with Crippen LogP contribution < -0.4 is 5.32 Å². The largest absolute Gasteiger partial charge is 0.341 e. The normalized spacial score (nSPS) is 13.8. The maximum absolute atomic E-state index is 12.7. The minimum atomic E-state index is -0.0153. The van der Waals surface area contributed by atoms with Crippen LogP contribution in [0.5, 0.6) is 0 Å². The Morgan fingerprint density at radius 1 is 1.11 bits per heavy atom. The number of fused-ring (bicyclic) bond motifs is 4. The molecule has 2 heterocycles. The Morgan fingerprint density at radius 3 is 2.82 bits per heavy atom. The number of nitrogens with one attached hydrogen (secondary N) is 2. The Hall–Kier alpha value is -3.08. The van der Waals surface area contributed by atoms with Gasteiger partial charge in [-0.25, -0.2) is 0 Å². The highest BCUT2D eigenvalue weighted by molar-refractivity contribution is 6.09. The van der Waals surface area contributed by atoms with Gasteiger partial charge in [0.25, 0.3) is 0 Å². The molecule has 0 bridgehead atoms. The van der Waals surface area contributed by atoms with Gasteiger partial charge in [-0.3, -0.25) is 9.89 Å². The number of nitrogens with zero attached hydrogens (tertiary/aromatic N) is 2. The second-order valence-electron chi connectivity index (χ2n) is 7.55. The highest BCUT2D eigenvalue weighted by Crippen LogP contribution is 2.31. The Morgan fingerprint density at radius 2 is 1.93 bits per heavy atom. The van der Waals surface area contributed by atoms with Gasteiger partial charge in [-0.2, -0.15) is 5.10 Å². The molecule has 1 amide bonds. The first-order chi connectivity index (χ1) is 13.7. The average Bonchev–Trinajstić information content (AvgIpc) is 3.27. The number of hydrogen-bond donors (Lipinski definition) is 2. The van der Waals surface area contributed by atoms with Gasteiger partial charge < -0.3 is 9.88 Å². The number of amides is 1. The summed E-state index contributed by atoms with van der Waals surface area (Å²) in [6.45, 7) is 3.08. The van der Waals surface area contributed by atoms with Crippen LogP contribution in [0.2, 0.25) is 0 Å². The summed E-state index contributed by atoms with van der Waals surface area (Å²) in [5.74, 6) is -0.0153. The summed E-state index contributed by atoms with van der Waals surface area (Å²) < 4.78 is 2.31. The van der Waals surface area contributed by atoms with Gasteiger partial charge in [0.15, 0.2) is 0 Å². The van der Waals surface area contributed by atoms with Crippen molar-refractivity contribution in [1.29, 1.82) is 0 Å². The van der Waals surface area contributed by atoms with Gasteiger partial charge in [-0.15, -0.1) is 0 Å². The van der Waals surface area contributed by atoms with Crippen molar-refractivity contribution in [2.24, 2.45) is 0 Å². The molecule has 2 aromatic heterocycles. The van der Waals surface area contributed by atoms with Crippen LogP contribution in [-0.2, 0) is 30.6 Å². The number of benzene rings is 2. The zero-order valence-electron chi connectivity index (χ0n) is 16.1. The molecule has 0 atom stereocenters. The molecule has 5 rings (SSSR count). The van der Waals surface area contributed by atoms with Crippen LogP contribution in [0.4, 0.5) is 5.69 Å². The van der Waals surface area contributed by atoms with Crippen LogP contribution in [0, 0.1) is 0 Å². The van der Waals surface area contributed by atoms with E-state index in [-0.39, 0.29) is 5.91 Å². The van der Waals surface area contributed by atoms with Gasteiger partial charge >= 0.3 is 0 Å². The number of para-hydroxylation sites is 1. The molecule has 0 spiro atoms. The number of carbonyl (C=O) groups excluding carboxylic acids is 1. The number of hydrogen-bond acceptors (Lipinski definition) is 2. The van der Waals surface area contributed by atoms with Gasteiger partial charge in [-0.1, -0.05) is 18.2 Å². The Balaban J connectivity index is 1.43. The fourth-order valence-corrected chi connectivity index (χ4v) is 4.53. The van der Waals surface area contributed by atoms with Crippen molar-refractivity contribution in [3.8, 4) is 0 Å². The van der Waals surface area contributed by atoms with Crippen molar-refractivity contribution in [3.05, 3.63) is 59.4 Å². The maximum Gasteiger partial charge on any atom is 0.230 e. The third-order valence-corrected chi connectivity index (χ3v) is 5.84. The zero-order chi connectivity index (χ0) is 19.1. The van der Waals surface area contributed by atoms with E-state index in [9.17, 15) is 4.79 Å². The molecule has 0 unspecified atom stereocenters. The van der Waals surface area contributed by atoms with Gasteiger partial charge in [0.05, 0.1) is 12.1 Å². The molecule has 1 aliphatic carbocycles. The number of anilines is 1. The highest BCUT2D eigenvalue weighted by Gasteiger charge is 2.19. The summed E-state index contributed by atoms with van der Waals surface area (Å²) in [6, 6.07) is 14.6. The molecule has 2 N–H and O–H groups in total. The molecule has 4 aromatic rings. The smallest absolute Gasteiger partial charge is 0.230 e. The van der Waals surface area contributed by atoms with Crippen molar-refractivity contribution in [2.45, 2.75) is 45.6 Å². The Bertz CT molecular complexity index is 1180. The van der Waals surface area contributed by atoms with Gasteiger partial charge in [0.1, 0.15) is 0 Å². The van der Waals surface area contributed by atoms with Gasteiger partial charge in [0, 0.05) is 39.7 Å². The predicted molar refractivity (Wildman–Crippen MR) is 113 cm³/mol. The number of rotatable bonds is 4. The van der Waals surface area contributed by atoms with E-state index in [2.05, 4.69) is 63.4 Å². The van der Waals surface area contributed by atoms with Crippen LogP contribution in [0.1, 0.15) is 36.7 Å². The van der Waals surface area contributed by atoms with E-state index < -0.39 is 0 Å². The van der Waals surface area contributed by atoms with Crippen LogP contribution >= 0.6 is 0 Å². The lowest BCUT2D eigenvalue weighted by atomic mass is 9.95. The van der Waals surface area contributed by atoms with Crippen molar-refractivity contribution in [2.75, 3.05) is 5.32 Å². The second kappa shape index (κ2) is 6.82. The van der Waals surface area contributed by atoms with Crippen LogP contribution in [0.3, 0.4) is 0 Å². The second-order valence-corrected chi connectivity index (χ2v) is 7.55. The molecule has 0 fully saturated rings. The molecule has 2 aromatic carbocycles. The SMILES string of the molecule is CCn1c2ccccc2c2cc(NC(=O)Cc3n[nH]c4c3CCCC4)ccc21. The van der Waals surface area contributed by atoms with Crippen LogP contribution in [-0.4, -0.2) is 20.7 Å². The molecule has 0 aliphatic heterocycles. The first-order valence-corrected chi connectivity index (χ1v) is 10.1. The van der Waals surface area contributed by atoms with E-state index >= 15 is 0 Å². The number of aromatic amines is 1. The topological polar surface area (TPSA) is 62.7 Å². The quantitative estimate of drug-likeness (QED) is 0.550. The number of carbonyl (C=O) groups is 1. The number of H-pyrrole nitrogens is 1. The average molecular weight is 372 g/mol. The highest BCUT2D eigenvalue weighted by atomic mass is 16.1. The minimum Gasteiger partial charge on any atom is -0.341 e. The van der Waals surface area contributed by atoms with Crippen molar-refractivity contribution < 1.29 is 4.79 Å². The fraction of sp³-hybridized carbons (Fsp3) is 0.304. The molecular weight excluding hydrogens is 348 g/mol. The van der Waals surface area contributed by atoms with E-state index in [1.165, 1.54) is 45.9 Å². The van der Waals surface area contributed by atoms with Crippen LogP contribution in [0.15, 0.2) is 42.5 Å². The molecular formula is C23H24N4O. The first-order valence-electron chi connectivity index (χ1n) is 10.1. The van der Waals surface area contributed by atoms with E-state index in [0.29, 0.717) is 6.42 Å². The third-order valence-electron chi connectivity index (χ3n) is 5.84. The standard InChI is InChI=1S/C23H24N4O/c1-2-27-21-10-6-4-7-16(21)18-13-15(11-12-22(18)27)24-23(28)14-20-17-8-3-5-9-19(17)25-26-20/h4,6-7,10-13H,2-3,5,8-9,14H2,1H3,(H,24,28)(H,25,26). The molecule has 0 radical (unpaired) electrons. The summed E-state index contributed by atoms with van der Waals surface area (Å²) in [7, 11) is 0. The number of aryl methyl sites for hydroxylation is 2. The minimum absolute atomic E-state index is 0.0153. The lowest BCUT2D eigenvalue weighted by Crippen LogP contribution is -2.16. The Kier molecular flexibility index (Phi) is 4.15. The monoisotopic (exact) mass is 372 g/mol. The number of aromatic nitrogens is 3. The summed E-state index contributed by atoms with van der Waals surface area (Å²) in [5.41, 5.74) is 6.62. The van der Waals surface area contributed by atoms with E-state index in [4.69, 9.17) is 0 Å². The molecule has 5 nitrogen and oxygen atoms in total. The maximum atomic E-state index is 12.7. The molecule has 5 heteroatoms. The van der Waals surface area contributed by atoms with E-state index in [1.54, 1.807) is 0 Å². The summed E-state index contributed by atoms with van der Waals surface area (Å²) >= 11 is 0. The van der Waals surface area contributed by atoms with Crippen molar-refractivity contribution >= 4 is 33.4 Å². The zero-order valence-corrected chi connectivity index (χ0v) is 16.1. The summed E-state index contributed by atoms with van der Waals surface area (Å²) in [4.78, 5) is 12.7. The molecule has 28 heavy (non-hydrogen) atoms. The molecule has 0 saturated heterocycles. The fourth-order valence-electron chi connectivity index (χ4n) is 4.53. The van der Waals surface area contributed by atoms with E-state index in [1.807, 2.05) is 6.07 Å². The van der Waals surface area contributed by atoms with E-state index in [0.717, 1.165) is 30.8 Å². The molecule has 1 aliphatic rings.